The van der Waals surface area contributed by atoms with Gasteiger partial charge in [-0.05, 0) is 60.4 Å². The van der Waals surface area contributed by atoms with Crippen LogP contribution in [-0.4, -0.2) is 24.9 Å². The minimum Gasteiger partial charge on any atom is -0.465 e. The Morgan fingerprint density at radius 2 is 1.61 bits per heavy atom. The zero-order valence-corrected chi connectivity index (χ0v) is 15.6. The number of methoxy groups -OCH3 is 1. The summed E-state index contributed by atoms with van der Waals surface area (Å²) in [5, 5.41) is 0. The maximum absolute atomic E-state index is 13.3. The van der Waals surface area contributed by atoms with Crippen LogP contribution >= 0.6 is 0 Å². The molecule has 5 atom stereocenters. The van der Waals surface area contributed by atoms with E-state index < -0.39 is 5.97 Å². The maximum Gasteiger partial charge on any atom is 0.337 e. The lowest BCUT2D eigenvalue weighted by Gasteiger charge is -2.28. The number of benzene rings is 2. The zero-order chi connectivity index (χ0) is 19.4. The molecule has 2 aromatic carbocycles. The van der Waals surface area contributed by atoms with Gasteiger partial charge in [-0.15, -0.1) is 0 Å². The van der Waals surface area contributed by atoms with Gasteiger partial charge in [0.2, 0.25) is 11.8 Å². The number of carbonyl (C=O) groups excluding carboxylic acids is 3. The average Bonchev–Trinajstić information content (AvgIpc) is 3.40. The number of hydrogen-bond donors (Lipinski definition) is 0. The zero-order valence-electron chi connectivity index (χ0n) is 15.6. The number of ether oxygens (including phenoxy) is 1. The number of esters is 1. The molecule has 5 nitrogen and oxygen atoms in total. The molecule has 142 valence electrons. The summed E-state index contributed by atoms with van der Waals surface area (Å²) >= 11 is 0. The molecule has 2 aromatic rings. The summed E-state index contributed by atoms with van der Waals surface area (Å²) in [6.07, 6.45) is 1.94. The molecule has 2 amide bonds. The third-order valence-electron chi connectivity index (χ3n) is 6.79. The van der Waals surface area contributed by atoms with Crippen LogP contribution in [0.2, 0.25) is 0 Å². The van der Waals surface area contributed by atoms with Crippen LogP contribution in [0.3, 0.4) is 0 Å². The fraction of sp³-hybridized carbons (Fsp3) is 0.348. The van der Waals surface area contributed by atoms with Crippen molar-refractivity contribution in [3.63, 3.8) is 0 Å². The Labute approximate surface area is 163 Å². The van der Waals surface area contributed by atoms with Gasteiger partial charge in [0.25, 0.3) is 0 Å². The first-order valence-corrected chi connectivity index (χ1v) is 9.71. The number of hydrogen-bond acceptors (Lipinski definition) is 4. The molecule has 2 saturated carbocycles. The SMILES string of the molecule is COC(=O)c1ccc(N2C(=O)[C@@H]3[C@@H]4C[C@@H]([C@H]3C2=O)[C@H](c2ccccc2)C4)cc1. The second-order valence-corrected chi connectivity index (χ2v) is 8.01. The summed E-state index contributed by atoms with van der Waals surface area (Å²) in [7, 11) is 1.32. The monoisotopic (exact) mass is 375 g/mol. The van der Waals surface area contributed by atoms with E-state index in [9.17, 15) is 14.4 Å². The lowest BCUT2D eigenvalue weighted by Crippen LogP contribution is -2.33. The van der Waals surface area contributed by atoms with E-state index >= 15 is 0 Å². The Balaban J connectivity index is 1.44. The molecule has 3 aliphatic rings. The lowest BCUT2D eigenvalue weighted by atomic mass is 9.73. The largest absolute Gasteiger partial charge is 0.465 e. The molecule has 2 aliphatic carbocycles. The Kier molecular flexibility index (Phi) is 3.86. The molecule has 1 heterocycles. The number of rotatable bonds is 3. The van der Waals surface area contributed by atoms with Crippen molar-refractivity contribution in [3.05, 3.63) is 65.7 Å². The number of imide groups is 1. The molecule has 28 heavy (non-hydrogen) atoms. The Morgan fingerprint density at radius 1 is 0.929 bits per heavy atom. The molecular weight excluding hydrogens is 354 g/mol. The van der Waals surface area contributed by atoms with Crippen LogP contribution < -0.4 is 4.90 Å². The van der Waals surface area contributed by atoms with Crippen LogP contribution in [0.4, 0.5) is 5.69 Å². The quantitative estimate of drug-likeness (QED) is 0.609. The molecular formula is C23H21NO4. The molecule has 0 spiro atoms. The van der Waals surface area contributed by atoms with E-state index in [0.717, 1.165) is 12.8 Å². The molecule has 5 heteroatoms. The van der Waals surface area contributed by atoms with E-state index in [1.54, 1.807) is 24.3 Å². The fourth-order valence-corrected chi connectivity index (χ4v) is 5.66. The summed E-state index contributed by atoms with van der Waals surface area (Å²) in [4.78, 5) is 39.3. The highest BCUT2D eigenvalue weighted by molar-refractivity contribution is 6.22. The van der Waals surface area contributed by atoms with Crippen LogP contribution in [0.15, 0.2) is 54.6 Å². The van der Waals surface area contributed by atoms with Crippen LogP contribution in [0.1, 0.15) is 34.7 Å². The predicted octanol–water partition coefficient (Wildman–Crippen LogP) is 3.40. The van der Waals surface area contributed by atoms with Crippen LogP contribution in [0, 0.1) is 23.7 Å². The molecule has 0 radical (unpaired) electrons. The molecule has 0 unspecified atom stereocenters. The van der Waals surface area contributed by atoms with E-state index in [2.05, 4.69) is 12.1 Å². The molecule has 0 aromatic heterocycles. The van der Waals surface area contributed by atoms with Crippen LogP contribution in [0.25, 0.3) is 0 Å². The van der Waals surface area contributed by atoms with Gasteiger partial charge in [0.05, 0.1) is 30.2 Å². The minimum absolute atomic E-state index is 0.0835. The Morgan fingerprint density at radius 3 is 2.29 bits per heavy atom. The van der Waals surface area contributed by atoms with Gasteiger partial charge in [-0.1, -0.05) is 30.3 Å². The van der Waals surface area contributed by atoms with E-state index in [1.807, 2.05) is 18.2 Å². The van der Waals surface area contributed by atoms with Gasteiger partial charge in [-0.2, -0.15) is 0 Å². The molecule has 5 rings (SSSR count). The van der Waals surface area contributed by atoms with E-state index in [1.165, 1.54) is 17.6 Å². The van der Waals surface area contributed by atoms with Gasteiger partial charge in [0, 0.05) is 0 Å². The van der Waals surface area contributed by atoms with Gasteiger partial charge in [-0.3, -0.25) is 14.5 Å². The van der Waals surface area contributed by atoms with Gasteiger partial charge in [0.15, 0.2) is 0 Å². The molecule has 2 bridgehead atoms. The minimum atomic E-state index is -0.439. The second-order valence-electron chi connectivity index (χ2n) is 8.01. The maximum atomic E-state index is 13.3. The summed E-state index contributed by atoms with van der Waals surface area (Å²) < 4.78 is 4.71. The summed E-state index contributed by atoms with van der Waals surface area (Å²) in [6.45, 7) is 0. The van der Waals surface area contributed by atoms with Gasteiger partial charge in [0.1, 0.15) is 0 Å². The smallest absolute Gasteiger partial charge is 0.337 e. The first-order chi connectivity index (χ1) is 13.6. The summed E-state index contributed by atoms with van der Waals surface area (Å²) in [6, 6.07) is 16.8. The lowest BCUT2D eigenvalue weighted by molar-refractivity contribution is -0.123. The van der Waals surface area contributed by atoms with E-state index in [0.29, 0.717) is 17.2 Å². The van der Waals surface area contributed by atoms with Crippen molar-refractivity contribution >= 4 is 23.5 Å². The standard InChI is InChI=1S/C23H21NO4/c1-28-23(27)14-7-9-16(10-8-14)24-21(25)19-15-11-17(13-5-3-2-4-6-13)18(12-15)20(19)22(24)26/h2-10,15,17-20H,11-12H2,1H3/t15-,17-,18+,19+,20+/m0/s1. The number of nitrogens with zero attached hydrogens (tertiary/aromatic N) is 1. The first kappa shape index (κ1) is 17.2. The van der Waals surface area contributed by atoms with Crippen molar-refractivity contribution in [2.45, 2.75) is 18.8 Å². The summed E-state index contributed by atoms with van der Waals surface area (Å²) in [5.74, 6) is -0.176. The number of fused-ring (bicyclic) bond motifs is 5. The van der Waals surface area contributed by atoms with Crippen molar-refractivity contribution in [2.24, 2.45) is 23.7 Å². The highest BCUT2D eigenvalue weighted by atomic mass is 16.5. The van der Waals surface area contributed by atoms with Crippen molar-refractivity contribution in [1.82, 2.24) is 0 Å². The summed E-state index contributed by atoms with van der Waals surface area (Å²) in [5.41, 5.74) is 2.21. The fourth-order valence-electron chi connectivity index (χ4n) is 5.66. The molecule has 1 saturated heterocycles. The second kappa shape index (κ2) is 6.30. The number of anilines is 1. The normalized spacial score (nSPS) is 30.6. The third kappa shape index (κ3) is 2.35. The highest BCUT2D eigenvalue weighted by Gasteiger charge is 2.64. The predicted molar refractivity (Wildman–Crippen MR) is 103 cm³/mol. The van der Waals surface area contributed by atoms with Gasteiger partial charge in [-0.25, -0.2) is 4.79 Å². The van der Waals surface area contributed by atoms with Gasteiger partial charge < -0.3 is 4.74 Å². The number of carbonyl (C=O) groups is 3. The number of amides is 2. The average molecular weight is 375 g/mol. The van der Waals surface area contributed by atoms with E-state index in [-0.39, 0.29) is 35.5 Å². The van der Waals surface area contributed by atoms with Gasteiger partial charge >= 0.3 is 5.97 Å². The molecule has 3 fully saturated rings. The van der Waals surface area contributed by atoms with Crippen molar-refractivity contribution in [2.75, 3.05) is 12.0 Å². The Bertz CT molecular complexity index is 952. The topological polar surface area (TPSA) is 63.7 Å². The first-order valence-electron chi connectivity index (χ1n) is 9.71. The van der Waals surface area contributed by atoms with Crippen molar-refractivity contribution < 1.29 is 19.1 Å². The van der Waals surface area contributed by atoms with Crippen molar-refractivity contribution in [1.29, 1.82) is 0 Å². The third-order valence-corrected chi connectivity index (χ3v) is 6.79. The molecule has 1 aliphatic heterocycles. The van der Waals surface area contributed by atoms with Crippen molar-refractivity contribution in [3.8, 4) is 0 Å². The van der Waals surface area contributed by atoms with Crippen LogP contribution in [-0.2, 0) is 14.3 Å². The highest BCUT2D eigenvalue weighted by Crippen LogP contribution is 2.61. The van der Waals surface area contributed by atoms with E-state index in [4.69, 9.17) is 4.74 Å². The molecule has 0 N–H and O–H groups in total. The Hall–Kier alpha value is -2.95. The van der Waals surface area contributed by atoms with Crippen LogP contribution in [0.5, 0.6) is 0 Å².